The molecule has 0 saturated heterocycles. The monoisotopic (exact) mass is 564 g/mol. The number of aliphatic hydroxyl groups excluding tert-OH is 1. The van der Waals surface area contributed by atoms with Gasteiger partial charge in [0, 0.05) is 49.0 Å². The highest BCUT2D eigenvalue weighted by molar-refractivity contribution is 5.88. The van der Waals surface area contributed by atoms with E-state index in [1.165, 1.54) is 19.9 Å². The van der Waals surface area contributed by atoms with Crippen LogP contribution >= 0.6 is 0 Å². The number of ketones is 1. The van der Waals surface area contributed by atoms with Gasteiger partial charge in [-0.15, -0.1) is 0 Å². The third-order valence-corrected chi connectivity index (χ3v) is 11.2. The van der Waals surface area contributed by atoms with E-state index in [0.29, 0.717) is 18.4 Å². The Kier molecular flexibility index (Phi) is 6.88. The smallest absolute Gasteiger partial charge is 0.331 e. The number of rotatable bonds is 5. The maximum Gasteiger partial charge on any atom is 0.331 e. The van der Waals surface area contributed by atoms with E-state index < -0.39 is 75.8 Å². The summed E-state index contributed by atoms with van der Waals surface area (Å²) in [5, 5.41) is 12.1. The lowest BCUT2D eigenvalue weighted by atomic mass is 9.42. The number of carbonyl (C=O) groups excluding carboxylic acids is 4. The second-order valence-electron chi connectivity index (χ2n) is 13.1. The number of esters is 3. The molecule has 1 N–H and O–H groups in total. The third kappa shape index (κ3) is 3.62. The van der Waals surface area contributed by atoms with Crippen molar-refractivity contribution in [2.24, 2.45) is 33.5 Å². The van der Waals surface area contributed by atoms with Crippen LogP contribution < -0.4 is 0 Å². The van der Waals surface area contributed by atoms with E-state index in [2.05, 4.69) is 6.58 Å². The number of Topliss-reactive ketones (excluding diaryl/α,β-unsaturated/α-hetero) is 1. The first-order valence-electron chi connectivity index (χ1n) is 14.4. The highest BCUT2D eigenvalue weighted by Gasteiger charge is 2.91. The Morgan fingerprint density at radius 2 is 1.61 bits per heavy atom. The predicted octanol–water partition coefficient (Wildman–Crippen LogP) is 4.44. The summed E-state index contributed by atoms with van der Waals surface area (Å²) in [5.74, 6) is -2.79. The van der Waals surface area contributed by atoms with Crippen LogP contribution in [0.25, 0.3) is 6.08 Å². The van der Waals surface area contributed by atoms with E-state index in [1.807, 2.05) is 58.0 Å². The predicted molar refractivity (Wildman–Crippen MR) is 150 cm³/mol. The lowest BCUT2D eigenvalue weighted by Gasteiger charge is -2.60. The molecule has 4 saturated carbocycles. The van der Waals surface area contributed by atoms with Crippen LogP contribution in [0.4, 0.5) is 0 Å². The van der Waals surface area contributed by atoms with Gasteiger partial charge in [-0.3, -0.25) is 14.4 Å². The molecule has 2 bridgehead atoms. The maximum absolute atomic E-state index is 13.7. The summed E-state index contributed by atoms with van der Waals surface area (Å²) in [6, 6.07) is 9.37. The van der Waals surface area contributed by atoms with Gasteiger partial charge < -0.3 is 19.3 Å². The van der Waals surface area contributed by atoms with E-state index >= 15 is 0 Å². The number of fused-ring (bicyclic) bond motifs is 1. The minimum atomic E-state index is -1.22. The van der Waals surface area contributed by atoms with Gasteiger partial charge in [-0.05, 0) is 35.5 Å². The zero-order valence-electron chi connectivity index (χ0n) is 24.6. The van der Waals surface area contributed by atoms with Crippen LogP contribution in [-0.4, -0.2) is 53.2 Å². The van der Waals surface area contributed by atoms with Crippen LogP contribution in [0, 0.1) is 33.5 Å². The number of benzene rings is 1. The zero-order chi connectivity index (χ0) is 30.1. The van der Waals surface area contributed by atoms with E-state index in [0.717, 1.165) is 5.56 Å². The standard InChI is InChI=1S/C33H40O8/c1-18-24(36)17-23-28(39-20(3)34)33-19(2)25(41-26(37)14-13-22-11-9-8-10-12-22)15-16-31(33,7)27(38)29(40-21(4)35)32(18,33)30(23,5)6/h8-14,18,23,25,27-29,38H,2,15-17H2,1,3-7H3/b14-13+/t18-,23+,25+,27+,28-,29+,31+,32+,33-/m1/s1. The molecule has 0 heterocycles. The topological polar surface area (TPSA) is 116 Å². The van der Waals surface area contributed by atoms with Crippen LogP contribution in [0.2, 0.25) is 0 Å². The molecule has 0 amide bonds. The first-order valence-corrected chi connectivity index (χ1v) is 14.4. The maximum atomic E-state index is 13.7. The highest BCUT2D eigenvalue weighted by atomic mass is 16.6. The molecule has 1 aromatic rings. The van der Waals surface area contributed by atoms with Crippen molar-refractivity contribution in [1.82, 2.24) is 0 Å². The Labute approximate surface area is 241 Å². The van der Waals surface area contributed by atoms with Crippen molar-refractivity contribution < 1.29 is 38.5 Å². The number of ether oxygens (including phenoxy) is 3. The van der Waals surface area contributed by atoms with Gasteiger partial charge in [0.1, 0.15) is 24.1 Å². The van der Waals surface area contributed by atoms with Gasteiger partial charge in [-0.1, -0.05) is 64.6 Å². The third-order valence-electron chi connectivity index (χ3n) is 11.2. The molecule has 1 aromatic carbocycles. The molecule has 220 valence electrons. The second-order valence-corrected chi connectivity index (χ2v) is 13.1. The van der Waals surface area contributed by atoms with Crippen LogP contribution in [0.1, 0.15) is 66.4 Å². The second kappa shape index (κ2) is 9.65. The summed E-state index contributed by atoms with van der Waals surface area (Å²) in [5.41, 5.74) is -2.81. The van der Waals surface area contributed by atoms with Gasteiger partial charge in [0.2, 0.25) is 0 Å². The summed E-state index contributed by atoms with van der Waals surface area (Å²) in [6.07, 6.45) is 0.0763. The average molecular weight is 565 g/mol. The van der Waals surface area contributed by atoms with E-state index in [-0.39, 0.29) is 12.2 Å². The highest BCUT2D eigenvalue weighted by Crippen LogP contribution is 2.86. The molecule has 41 heavy (non-hydrogen) atoms. The van der Waals surface area contributed by atoms with Crippen molar-refractivity contribution in [1.29, 1.82) is 0 Å². The summed E-state index contributed by atoms with van der Waals surface area (Å²) in [6.45, 7) is 14.9. The number of carbonyl (C=O) groups is 4. The van der Waals surface area contributed by atoms with Crippen molar-refractivity contribution in [3.05, 3.63) is 54.1 Å². The molecule has 0 aromatic heterocycles. The van der Waals surface area contributed by atoms with Crippen molar-refractivity contribution >= 4 is 29.8 Å². The summed E-state index contributed by atoms with van der Waals surface area (Å²) in [4.78, 5) is 52.0. The van der Waals surface area contributed by atoms with E-state index in [4.69, 9.17) is 14.2 Å². The fraction of sp³-hybridized carbons (Fsp3) is 0.576. The lowest BCUT2D eigenvalue weighted by molar-refractivity contribution is -0.191. The first-order chi connectivity index (χ1) is 19.2. The molecule has 4 aliphatic rings. The molecule has 0 unspecified atom stereocenters. The molecular formula is C33H40O8. The Hall–Kier alpha value is -3.26. The summed E-state index contributed by atoms with van der Waals surface area (Å²) in [7, 11) is 0. The largest absolute Gasteiger partial charge is 0.461 e. The van der Waals surface area contributed by atoms with Gasteiger partial charge >= 0.3 is 17.9 Å². The quantitative estimate of drug-likeness (QED) is 0.242. The van der Waals surface area contributed by atoms with Gasteiger partial charge in [0.25, 0.3) is 0 Å². The Morgan fingerprint density at radius 1 is 1.00 bits per heavy atom. The van der Waals surface area contributed by atoms with Crippen LogP contribution in [0.15, 0.2) is 48.6 Å². The van der Waals surface area contributed by atoms with Gasteiger partial charge in [-0.2, -0.15) is 0 Å². The first kappa shape index (κ1) is 29.2. The van der Waals surface area contributed by atoms with Gasteiger partial charge in [-0.25, -0.2) is 4.79 Å². The molecule has 8 heteroatoms. The Bertz CT molecular complexity index is 1330. The van der Waals surface area contributed by atoms with Crippen LogP contribution in [-0.2, 0) is 33.4 Å². The molecule has 4 fully saturated rings. The Morgan fingerprint density at radius 3 is 2.22 bits per heavy atom. The number of hydrogen-bond acceptors (Lipinski definition) is 8. The van der Waals surface area contributed by atoms with Gasteiger partial charge in [0.05, 0.1) is 11.5 Å². The molecule has 2 spiro atoms. The fourth-order valence-electron chi connectivity index (χ4n) is 9.83. The number of hydrogen-bond donors (Lipinski definition) is 1. The normalized spacial score (nSPS) is 40.6. The van der Waals surface area contributed by atoms with E-state index in [9.17, 15) is 24.3 Å². The SMILES string of the molecule is C=C1[C@@H](OC(=O)/C=C/c2ccccc2)CC[C@@]2(C)[C@@H](O)[C@H](OC(C)=O)[C@]34[C@H](C)C(=O)C[C@@H]([C@@H](OC(C)=O)[C@@]132)C4(C)C. The van der Waals surface area contributed by atoms with Crippen LogP contribution in [0.5, 0.6) is 0 Å². The van der Waals surface area contributed by atoms with Crippen molar-refractivity contribution in [2.75, 3.05) is 0 Å². The molecule has 8 nitrogen and oxygen atoms in total. The van der Waals surface area contributed by atoms with Crippen molar-refractivity contribution in [3.8, 4) is 0 Å². The molecule has 9 atom stereocenters. The minimum absolute atomic E-state index is 0.0466. The summed E-state index contributed by atoms with van der Waals surface area (Å²) < 4.78 is 18.2. The van der Waals surface area contributed by atoms with Crippen molar-refractivity contribution in [3.63, 3.8) is 0 Å². The fourth-order valence-corrected chi connectivity index (χ4v) is 9.83. The zero-order valence-corrected chi connectivity index (χ0v) is 24.6. The molecule has 5 rings (SSSR count). The van der Waals surface area contributed by atoms with Gasteiger partial charge in [0.15, 0.2) is 0 Å². The minimum Gasteiger partial charge on any atom is -0.461 e. The number of aliphatic hydroxyl groups is 1. The van der Waals surface area contributed by atoms with Crippen LogP contribution in [0.3, 0.4) is 0 Å². The average Bonchev–Trinajstić information content (AvgIpc) is 3.14. The van der Waals surface area contributed by atoms with Crippen molar-refractivity contribution in [2.45, 2.75) is 85.2 Å². The molecule has 0 radical (unpaired) electrons. The molecular weight excluding hydrogens is 524 g/mol. The molecule has 0 aliphatic heterocycles. The summed E-state index contributed by atoms with van der Waals surface area (Å²) >= 11 is 0. The molecule has 4 aliphatic carbocycles. The van der Waals surface area contributed by atoms with E-state index in [1.54, 1.807) is 6.08 Å². The Balaban J connectivity index is 1.69. The lowest BCUT2D eigenvalue weighted by Crippen LogP contribution is -2.63.